The van der Waals surface area contributed by atoms with E-state index in [0.717, 1.165) is 20.8 Å². The van der Waals surface area contributed by atoms with Gasteiger partial charge < -0.3 is 20.1 Å². The first-order valence-corrected chi connectivity index (χ1v) is 11.1. The molecule has 152 valence electrons. The Kier molecular flexibility index (Phi) is 5.35. The number of rotatable bonds is 5. The zero-order valence-electron chi connectivity index (χ0n) is 15.8. The second kappa shape index (κ2) is 8.42. The lowest BCUT2D eigenvalue weighted by Gasteiger charge is -2.32. The second-order valence-electron chi connectivity index (χ2n) is 6.60. The minimum absolute atomic E-state index is 0.0507. The highest BCUT2D eigenvalue weighted by Gasteiger charge is 2.24. The fourth-order valence-corrected chi connectivity index (χ4v) is 4.89. The number of fused-ring (bicyclic) bond motifs is 1. The number of nitrogens with zero attached hydrogens (tertiary/aromatic N) is 5. The Labute approximate surface area is 181 Å². The van der Waals surface area contributed by atoms with Crippen LogP contribution in [0, 0.1) is 0 Å². The molecule has 2 aromatic carbocycles. The van der Waals surface area contributed by atoms with Crippen LogP contribution in [0.4, 0.5) is 17.6 Å². The van der Waals surface area contributed by atoms with Crippen LogP contribution in [0.5, 0.6) is 6.01 Å². The number of thiazole rings is 1. The fourth-order valence-electron chi connectivity index (χ4n) is 3.14. The number of benzene rings is 2. The third-order valence-electron chi connectivity index (χ3n) is 4.53. The van der Waals surface area contributed by atoms with Crippen LogP contribution in [-0.2, 0) is 4.74 Å². The quantitative estimate of drug-likeness (QED) is 0.481. The van der Waals surface area contributed by atoms with Crippen molar-refractivity contribution in [2.75, 3.05) is 29.9 Å². The Balaban J connectivity index is 1.33. The lowest BCUT2D eigenvalue weighted by molar-refractivity contribution is 0.0975. The van der Waals surface area contributed by atoms with Crippen LogP contribution in [-0.4, -0.2) is 50.2 Å². The summed E-state index contributed by atoms with van der Waals surface area (Å²) in [7, 11) is 0. The van der Waals surface area contributed by atoms with E-state index in [1.54, 1.807) is 23.1 Å². The van der Waals surface area contributed by atoms with E-state index in [1.165, 1.54) is 0 Å². The minimum atomic E-state index is -0.319. The molecule has 1 aliphatic rings. The number of nitrogens with one attached hydrogen (secondary N) is 1. The van der Waals surface area contributed by atoms with Crippen LogP contribution in [0.3, 0.4) is 0 Å². The Bertz CT molecular complexity index is 1160. The number of hydrogen-bond donors (Lipinski definition) is 2. The summed E-state index contributed by atoms with van der Waals surface area (Å²) in [6, 6.07) is 15.6. The third kappa shape index (κ3) is 4.30. The Morgan fingerprint density at radius 3 is 2.93 bits per heavy atom. The monoisotopic (exact) mass is 438 g/mol. The first-order chi connectivity index (χ1) is 14.7. The molecule has 1 atom stereocenters. The van der Waals surface area contributed by atoms with Gasteiger partial charge in [-0.2, -0.15) is 15.0 Å². The number of aromatic nitrogens is 4. The summed E-state index contributed by atoms with van der Waals surface area (Å²) in [4.78, 5) is 20.1. The average Bonchev–Trinajstić information content (AvgIpc) is 3.22. The Morgan fingerprint density at radius 2 is 2.03 bits per heavy atom. The van der Waals surface area contributed by atoms with Gasteiger partial charge in [0.05, 0.1) is 28.9 Å². The average molecular weight is 439 g/mol. The van der Waals surface area contributed by atoms with Crippen LogP contribution >= 0.6 is 23.1 Å². The van der Waals surface area contributed by atoms with Crippen molar-refractivity contribution in [1.82, 2.24) is 19.9 Å². The molecule has 1 fully saturated rings. The summed E-state index contributed by atoms with van der Waals surface area (Å²) in [5.74, 6) is 0.714. The lowest BCUT2D eigenvalue weighted by atomic mass is 10.3. The molecular weight excluding hydrogens is 420 g/mol. The van der Waals surface area contributed by atoms with Crippen molar-refractivity contribution in [1.29, 1.82) is 0 Å². The van der Waals surface area contributed by atoms with Gasteiger partial charge in [-0.15, -0.1) is 11.3 Å². The lowest BCUT2D eigenvalue weighted by Crippen LogP contribution is -2.42. The highest BCUT2D eigenvalue weighted by molar-refractivity contribution is 7.99. The Hall–Kier alpha value is -2.95. The molecule has 8 nitrogen and oxygen atoms in total. The van der Waals surface area contributed by atoms with E-state index in [2.05, 4.69) is 37.4 Å². The van der Waals surface area contributed by atoms with Gasteiger partial charge >= 0.3 is 6.01 Å². The maximum Gasteiger partial charge on any atom is 0.320 e. The molecule has 2 N–H and O–H groups in total. The van der Waals surface area contributed by atoms with Gasteiger partial charge in [-0.1, -0.05) is 30.0 Å². The maximum absolute atomic E-state index is 10.1. The number of morpholine rings is 1. The number of ether oxygens (including phenoxy) is 1. The van der Waals surface area contributed by atoms with Gasteiger partial charge in [0.15, 0.2) is 0 Å². The Morgan fingerprint density at radius 1 is 1.13 bits per heavy atom. The molecule has 0 spiro atoms. The second-order valence-corrected chi connectivity index (χ2v) is 8.72. The molecular formula is C20H18N6O2S2. The van der Waals surface area contributed by atoms with Gasteiger partial charge in [0.1, 0.15) is 5.44 Å². The van der Waals surface area contributed by atoms with Crippen molar-refractivity contribution in [3.8, 4) is 6.01 Å². The summed E-state index contributed by atoms with van der Waals surface area (Å²) in [5.41, 5.74) is 3.52. The zero-order valence-corrected chi connectivity index (χ0v) is 17.4. The summed E-state index contributed by atoms with van der Waals surface area (Å²) >= 11 is 3.22. The zero-order chi connectivity index (χ0) is 20.3. The van der Waals surface area contributed by atoms with E-state index in [0.29, 0.717) is 31.6 Å². The number of hydrogen-bond acceptors (Lipinski definition) is 10. The molecule has 0 amide bonds. The van der Waals surface area contributed by atoms with Crippen LogP contribution in [0.1, 0.15) is 0 Å². The summed E-state index contributed by atoms with van der Waals surface area (Å²) in [5, 5.41) is 13.2. The van der Waals surface area contributed by atoms with Crippen molar-refractivity contribution in [3.05, 3.63) is 54.0 Å². The van der Waals surface area contributed by atoms with Crippen molar-refractivity contribution in [2.45, 2.75) is 10.3 Å². The van der Waals surface area contributed by atoms with Crippen LogP contribution in [0.25, 0.3) is 10.2 Å². The number of aromatic hydroxyl groups is 1. The molecule has 1 aliphatic heterocycles. The van der Waals surface area contributed by atoms with Gasteiger partial charge in [-0.05, 0) is 30.3 Å². The normalized spacial score (nSPS) is 16.7. The van der Waals surface area contributed by atoms with E-state index >= 15 is 0 Å². The van der Waals surface area contributed by atoms with Gasteiger partial charge in [0, 0.05) is 17.1 Å². The highest BCUT2D eigenvalue weighted by Crippen LogP contribution is 2.29. The molecule has 0 bridgehead atoms. The van der Waals surface area contributed by atoms with Crippen molar-refractivity contribution in [2.24, 2.45) is 0 Å². The molecule has 10 heteroatoms. The molecule has 3 heterocycles. The van der Waals surface area contributed by atoms with Gasteiger partial charge in [0.2, 0.25) is 11.9 Å². The molecule has 0 aliphatic carbocycles. The maximum atomic E-state index is 10.1. The van der Waals surface area contributed by atoms with E-state index < -0.39 is 0 Å². The first-order valence-electron chi connectivity index (χ1n) is 9.36. The third-order valence-corrected chi connectivity index (χ3v) is 6.41. The number of anilines is 3. The van der Waals surface area contributed by atoms with Gasteiger partial charge in [-0.3, -0.25) is 0 Å². The smallest absolute Gasteiger partial charge is 0.320 e. The highest BCUT2D eigenvalue weighted by atomic mass is 32.2. The van der Waals surface area contributed by atoms with Crippen molar-refractivity contribution < 1.29 is 9.84 Å². The van der Waals surface area contributed by atoms with Crippen LogP contribution in [0.15, 0.2) is 58.9 Å². The van der Waals surface area contributed by atoms with Gasteiger partial charge in [-0.25, -0.2) is 4.98 Å². The van der Waals surface area contributed by atoms with Crippen LogP contribution in [0.2, 0.25) is 0 Å². The number of thioether (sulfide) groups is 1. The van der Waals surface area contributed by atoms with E-state index in [4.69, 9.17) is 4.74 Å². The van der Waals surface area contributed by atoms with Crippen molar-refractivity contribution >= 4 is 50.9 Å². The van der Waals surface area contributed by atoms with Crippen LogP contribution < -0.4 is 10.2 Å². The predicted octanol–water partition coefficient (Wildman–Crippen LogP) is 3.89. The van der Waals surface area contributed by atoms with Gasteiger partial charge in [0.25, 0.3) is 0 Å². The molecule has 0 radical (unpaired) electrons. The predicted molar refractivity (Wildman–Crippen MR) is 119 cm³/mol. The van der Waals surface area contributed by atoms with E-state index in [9.17, 15) is 5.11 Å². The topological polar surface area (TPSA) is 96.3 Å². The molecule has 5 rings (SSSR count). The largest absolute Gasteiger partial charge is 0.479 e. The van der Waals surface area contributed by atoms with E-state index in [1.807, 2.05) is 46.8 Å². The molecule has 4 aromatic rings. The standard InChI is InChI=1S/C20H18N6O2S2/c27-20-24-18(22-13-6-7-15-16(10-13)29-12-21-15)23-19(25-20)26-8-9-28-17(11-26)30-14-4-2-1-3-5-14/h1-7,10,12,17H,8-9,11H2,(H2,22,23,24,25,27). The fraction of sp³-hybridized carbons (Fsp3) is 0.200. The summed E-state index contributed by atoms with van der Waals surface area (Å²) in [6.07, 6.45) is 0. The SMILES string of the molecule is Oc1nc(Nc2ccc3ncsc3c2)nc(N2CCOC(Sc3ccccc3)C2)n1. The summed E-state index contributed by atoms with van der Waals surface area (Å²) in [6.45, 7) is 1.80. The molecule has 2 aromatic heterocycles. The molecule has 1 unspecified atom stereocenters. The van der Waals surface area contributed by atoms with E-state index in [-0.39, 0.29) is 11.4 Å². The molecule has 1 saturated heterocycles. The summed E-state index contributed by atoms with van der Waals surface area (Å²) < 4.78 is 6.95. The van der Waals surface area contributed by atoms with Crippen molar-refractivity contribution in [3.63, 3.8) is 0 Å². The first kappa shape index (κ1) is 19.0. The minimum Gasteiger partial charge on any atom is -0.479 e. The molecule has 0 saturated carbocycles. The molecule has 30 heavy (non-hydrogen) atoms.